The second-order valence-electron chi connectivity index (χ2n) is 5.23. The minimum absolute atomic E-state index is 0.0888. The van der Waals surface area contributed by atoms with Crippen LogP contribution in [0.4, 0.5) is 0 Å². The highest BCUT2D eigenvalue weighted by Gasteiger charge is 2.24. The highest BCUT2D eigenvalue weighted by molar-refractivity contribution is 5.96. The lowest BCUT2D eigenvalue weighted by Crippen LogP contribution is -2.38. The van der Waals surface area contributed by atoms with Gasteiger partial charge < -0.3 is 10.2 Å². The molecule has 1 fully saturated rings. The topological polar surface area (TPSA) is 49.4 Å². The average Bonchev–Trinajstić information content (AvgIpc) is 3.23. The van der Waals surface area contributed by atoms with Crippen molar-refractivity contribution in [2.24, 2.45) is 0 Å². The van der Waals surface area contributed by atoms with E-state index < -0.39 is 0 Å². The normalized spacial score (nSPS) is 14.8. The smallest absolute Gasteiger partial charge is 0.247 e. The molecule has 0 saturated heterocycles. The van der Waals surface area contributed by atoms with E-state index in [0.29, 0.717) is 6.04 Å². The van der Waals surface area contributed by atoms with Gasteiger partial charge in [-0.05, 0) is 30.9 Å². The van der Waals surface area contributed by atoms with E-state index in [1.54, 1.807) is 13.1 Å². The zero-order valence-corrected chi connectivity index (χ0v) is 11.9. The molecule has 0 heterocycles. The number of benzene rings is 1. The van der Waals surface area contributed by atoms with Crippen molar-refractivity contribution in [3.63, 3.8) is 0 Å². The number of nitrogens with one attached hydrogen (secondary N) is 1. The van der Waals surface area contributed by atoms with E-state index in [-0.39, 0.29) is 18.4 Å². The molecule has 0 atom stereocenters. The van der Waals surface area contributed by atoms with Crippen LogP contribution in [0.15, 0.2) is 36.4 Å². The minimum atomic E-state index is -0.155. The predicted octanol–water partition coefficient (Wildman–Crippen LogP) is 1.83. The maximum Gasteiger partial charge on any atom is 0.247 e. The molecule has 0 aromatic heterocycles. The van der Waals surface area contributed by atoms with Gasteiger partial charge in [-0.25, -0.2) is 0 Å². The molecule has 1 N–H and O–H groups in total. The van der Waals surface area contributed by atoms with Crippen molar-refractivity contribution < 1.29 is 9.59 Å². The van der Waals surface area contributed by atoms with Crippen molar-refractivity contribution in [2.75, 3.05) is 13.6 Å². The van der Waals surface area contributed by atoms with Crippen LogP contribution >= 0.6 is 0 Å². The number of likely N-dealkylation sites (N-methyl/N-ethyl adjacent to an activating group) is 1. The molecule has 0 aliphatic heterocycles. The van der Waals surface area contributed by atoms with Crippen LogP contribution in [0.3, 0.4) is 0 Å². The number of hydrogen-bond acceptors (Lipinski definition) is 2. The third-order valence-corrected chi connectivity index (χ3v) is 3.27. The predicted molar refractivity (Wildman–Crippen MR) is 78.9 cm³/mol. The minimum Gasteiger partial charge on any atom is -0.352 e. The fourth-order valence-electron chi connectivity index (χ4n) is 1.87. The second kappa shape index (κ2) is 6.37. The van der Waals surface area contributed by atoms with Crippen molar-refractivity contribution >= 4 is 17.4 Å². The molecule has 0 radical (unpaired) electrons. The van der Waals surface area contributed by atoms with Gasteiger partial charge in [0.2, 0.25) is 11.8 Å². The van der Waals surface area contributed by atoms with E-state index in [0.717, 1.165) is 24.0 Å². The van der Waals surface area contributed by atoms with Gasteiger partial charge in [-0.2, -0.15) is 0 Å². The number of rotatable bonds is 5. The summed E-state index contributed by atoms with van der Waals surface area (Å²) in [5.74, 6) is -0.244. The quantitative estimate of drug-likeness (QED) is 0.831. The average molecular weight is 272 g/mol. The molecule has 4 heteroatoms. The lowest BCUT2D eigenvalue weighted by Gasteiger charge is -2.15. The molecular formula is C16H20N2O2. The van der Waals surface area contributed by atoms with Crippen LogP contribution in [0, 0.1) is 0 Å². The summed E-state index contributed by atoms with van der Waals surface area (Å²) in [4.78, 5) is 25.1. The summed E-state index contributed by atoms with van der Waals surface area (Å²) in [5.41, 5.74) is 1.90. The fraction of sp³-hybridized carbons (Fsp3) is 0.375. The lowest BCUT2D eigenvalue weighted by molar-refractivity contribution is -0.131. The molecule has 20 heavy (non-hydrogen) atoms. The Morgan fingerprint density at radius 3 is 2.55 bits per heavy atom. The number of amides is 2. The van der Waals surface area contributed by atoms with Crippen molar-refractivity contribution in [1.29, 1.82) is 0 Å². The van der Waals surface area contributed by atoms with Crippen molar-refractivity contribution in [2.45, 2.75) is 25.8 Å². The number of carbonyl (C=O) groups excluding carboxylic acids is 2. The number of allylic oxidation sites excluding steroid dienone is 1. The van der Waals surface area contributed by atoms with Crippen LogP contribution in [-0.2, 0) is 9.59 Å². The van der Waals surface area contributed by atoms with Crippen LogP contribution in [0.5, 0.6) is 0 Å². The summed E-state index contributed by atoms with van der Waals surface area (Å²) in [7, 11) is 1.64. The van der Waals surface area contributed by atoms with Crippen molar-refractivity contribution in [3.05, 3.63) is 42.0 Å². The molecule has 1 aromatic carbocycles. The largest absolute Gasteiger partial charge is 0.352 e. The highest BCUT2D eigenvalue weighted by Crippen LogP contribution is 2.18. The van der Waals surface area contributed by atoms with Crippen LogP contribution < -0.4 is 5.32 Å². The molecule has 1 aliphatic rings. The number of carbonyl (C=O) groups is 2. The van der Waals surface area contributed by atoms with Crippen LogP contribution in [0.2, 0.25) is 0 Å². The monoisotopic (exact) mass is 272 g/mol. The van der Waals surface area contributed by atoms with Gasteiger partial charge >= 0.3 is 0 Å². The van der Waals surface area contributed by atoms with Gasteiger partial charge in [0.1, 0.15) is 0 Å². The summed E-state index contributed by atoms with van der Waals surface area (Å²) in [6.07, 6.45) is 3.67. The molecule has 1 aliphatic carbocycles. The molecule has 0 unspecified atom stereocenters. The van der Waals surface area contributed by atoms with Crippen LogP contribution in [-0.4, -0.2) is 36.3 Å². The molecular weight excluding hydrogens is 252 g/mol. The second-order valence-corrected chi connectivity index (χ2v) is 5.23. The fourth-order valence-corrected chi connectivity index (χ4v) is 1.87. The maximum atomic E-state index is 12.0. The van der Waals surface area contributed by atoms with Gasteiger partial charge in [0.25, 0.3) is 0 Å². The zero-order valence-electron chi connectivity index (χ0n) is 11.9. The van der Waals surface area contributed by atoms with E-state index in [1.165, 1.54) is 4.90 Å². The van der Waals surface area contributed by atoms with E-state index in [9.17, 15) is 9.59 Å². The lowest BCUT2D eigenvalue weighted by atomic mass is 10.1. The molecule has 4 nitrogen and oxygen atoms in total. The third-order valence-electron chi connectivity index (χ3n) is 3.27. The molecule has 0 bridgehead atoms. The molecule has 2 rings (SSSR count). The summed E-state index contributed by atoms with van der Waals surface area (Å²) >= 11 is 0. The number of nitrogens with zero attached hydrogens (tertiary/aromatic N) is 1. The third kappa shape index (κ3) is 4.23. The van der Waals surface area contributed by atoms with Gasteiger partial charge in [-0.15, -0.1) is 0 Å². The molecule has 1 saturated carbocycles. The first-order chi connectivity index (χ1) is 9.56. The SMILES string of the molecule is C/C(=C\C(=O)N(C)CC(=O)NC1CC1)c1ccccc1. The van der Waals surface area contributed by atoms with E-state index in [4.69, 9.17) is 0 Å². The Morgan fingerprint density at radius 2 is 1.95 bits per heavy atom. The van der Waals surface area contributed by atoms with E-state index in [2.05, 4.69) is 5.32 Å². The zero-order chi connectivity index (χ0) is 14.5. The standard InChI is InChI=1S/C16H20N2O2/c1-12(13-6-4-3-5-7-13)10-16(20)18(2)11-15(19)17-14-8-9-14/h3-7,10,14H,8-9,11H2,1-2H3,(H,17,19)/b12-10+. The van der Waals surface area contributed by atoms with Crippen LogP contribution in [0.25, 0.3) is 5.57 Å². The van der Waals surface area contributed by atoms with Gasteiger partial charge in [0.05, 0.1) is 6.54 Å². The first kappa shape index (κ1) is 14.3. The van der Waals surface area contributed by atoms with Gasteiger partial charge in [0, 0.05) is 19.2 Å². The maximum absolute atomic E-state index is 12.0. The summed E-state index contributed by atoms with van der Waals surface area (Å²) in [6.45, 7) is 2.00. The first-order valence-corrected chi connectivity index (χ1v) is 6.84. The Kier molecular flexibility index (Phi) is 4.56. The Balaban J connectivity index is 1.90. The van der Waals surface area contributed by atoms with Gasteiger partial charge in [-0.1, -0.05) is 30.3 Å². The van der Waals surface area contributed by atoms with Crippen molar-refractivity contribution in [3.8, 4) is 0 Å². The van der Waals surface area contributed by atoms with Gasteiger partial charge in [0.15, 0.2) is 0 Å². The Bertz CT molecular complexity index is 519. The Labute approximate surface area is 119 Å². The van der Waals surface area contributed by atoms with Gasteiger partial charge in [-0.3, -0.25) is 9.59 Å². The number of hydrogen-bond donors (Lipinski definition) is 1. The molecule has 1 aromatic rings. The first-order valence-electron chi connectivity index (χ1n) is 6.84. The van der Waals surface area contributed by atoms with Crippen molar-refractivity contribution in [1.82, 2.24) is 10.2 Å². The summed E-state index contributed by atoms with van der Waals surface area (Å²) in [6, 6.07) is 10.0. The van der Waals surface area contributed by atoms with Crippen LogP contribution in [0.1, 0.15) is 25.3 Å². The highest BCUT2D eigenvalue weighted by atomic mass is 16.2. The summed E-state index contributed by atoms with van der Waals surface area (Å²) in [5, 5.41) is 2.87. The molecule has 0 spiro atoms. The van der Waals surface area contributed by atoms with E-state index in [1.807, 2.05) is 37.3 Å². The van der Waals surface area contributed by atoms with E-state index >= 15 is 0 Å². The summed E-state index contributed by atoms with van der Waals surface area (Å²) < 4.78 is 0. The Morgan fingerprint density at radius 1 is 1.30 bits per heavy atom. The molecule has 2 amide bonds. The molecule has 106 valence electrons. The Hall–Kier alpha value is -2.10.